The zero-order valence-electron chi connectivity index (χ0n) is 11.7. The zero-order chi connectivity index (χ0) is 15.1. The van der Waals surface area contributed by atoms with Gasteiger partial charge < -0.3 is 9.72 Å². The molecule has 1 N–H and O–H groups in total. The van der Waals surface area contributed by atoms with Crippen LogP contribution in [0.3, 0.4) is 0 Å². The molecule has 0 spiro atoms. The first kappa shape index (κ1) is 14.5. The Labute approximate surface area is 116 Å². The van der Waals surface area contributed by atoms with Gasteiger partial charge in [0.05, 0.1) is 29.1 Å². The number of aromatic nitrogens is 2. The van der Waals surface area contributed by atoms with Crippen LogP contribution >= 0.6 is 0 Å². The van der Waals surface area contributed by atoms with E-state index in [1.54, 1.807) is 20.8 Å². The largest absolute Gasteiger partial charge is 0.495 e. The van der Waals surface area contributed by atoms with Crippen molar-refractivity contribution >= 4 is 20.7 Å². The summed E-state index contributed by atoms with van der Waals surface area (Å²) < 4.78 is 29.3. The molecule has 0 atom stereocenters. The third-order valence-corrected chi connectivity index (χ3v) is 5.53. The normalized spacial score (nSPS) is 12.6. The number of nitrogens with zero attached hydrogens (tertiary/aromatic N) is 1. The second-order valence-electron chi connectivity index (χ2n) is 5.37. The van der Waals surface area contributed by atoms with Crippen molar-refractivity contribution in [3.8, 4) is 5.75 Å². The van der Waals surface area contributed by atoms with Crippen molar-refractivity contribution in [2.75, 3.05) is 7.11 Å². The Hall–Kier alpha value is -1.89. The van der Waals surface area contributed by atoms with Crippen molar-refractivity contribution in [3.05, 3.63) is 28.8 Å². The van der Waals surface area contributed by atoms with Crippen LogP contribution in [0.1, 0.15) is 20.8 Å². The van der Waals surface area contributed by atoms with Crippen LogP contribution in [0, 0.1) is 0 Å². The Balaban J connectivity index is 2.90. The summed E-state index contributed by atoms with van der Waals surface area (Å²) in [4.78, 5) is 18.2. The summed E-state index contributed by atoms with van der Waals surface area (Å²) in [5.74, 6) is 0.186. The molecule has 2 rings (SSSR count). The van der Waals surface area contributed by atoms with E-state index in [1.807, 2.05) is 0 Å². The molecule has 0 aliphatic rings. The number of nitrogens with one attached hydrogen (secondary N) is 1. The maximum absolute atomic E-state index is 12.6. The summed E-state index contributed by atoms with van der Waals surface area (Å²) in [5.41, 5.74) is 0.00136. The Morgan fingerprint density at radius 3 is 2.45 bits per heavy atom. The van der Waals surface area contributed by atoms with Crippen molar-refractivity contribution in [2.45, 2.75) is 30.4 Å². The zero-order valence-corrected chi connectivity index (χ0v) is 12.5. The Kier molecular flexibility index (Phi) is 3.33. The average Bonchev–Trinajstić information content (AvgIpc) is 2.36. The minimum Gasteiger partial charge on any atom is -0.495 e. The fourth-order valence-corrected chi connectivity index (χ4v) is 3.12. The molecule has 1 aromatic carbocycles. The van der Waals surface area contributed by atoms with Gasteiger partial charge in [0.15, 0.2) is 9.84 Å². The van der Waals surface area contributed by atoms with Crippen molar-refractivity contribution in [1.82, 2.24) is 9.97 Å². The van der Waals surface area contributed by atoms with Gasteiger partial charge in [0.2, 0.25) is 0 Å². The van der Waals surface area contributed by atoms with Crippen LogP contribution in [-0.4, -0.2) is 30.2 Å². The van der Waals surface area contributed by atoms with Crippen molar-refractivity contribution in [1.29, 1.82) is 0 Å². The fraction of sp³-hybridized carbons (Fsp3) is 0.385. The summed E-state index contributed by atoms with van der Waals surface area (Å²) in [5, 5.41) is 0.219. The predicted octanol–water partition coefficient (Wildman–Crippen LogP) is 1.50. The van der Waals surface area contributed by atoms with Gasteiger partial charge in [-0.2, -0.15) is 0 Å². The third kappa shape index (κ3) is 2.18. The van der Waals surface area contributed by atoms with Crippen molar-refractivity contribution in [2.24, 2.45) is 0 Å². The second kappa shape index (κ2) is 4.59. The second-order valence-corrected chi connectivity index (χ2v) is 8.04. The van der Waals surface area contributed by atoms with Gasteiger partial charge in [-0.15, -0.1) is 0 Å². The highest BCUT2D eigenvalue weighted by Gasteiger charge is 2.34. The molecule has 2 aromatic rings. The summed E-state index contributed by atoms with van der Waals surface area (Å²) in [6, 6.07) is 2.78. The number of aromatic amines is 1. The Morgan fingerprint density at radius 2 is 1.90 bits per heavy atom. The smallest absolute Gasteiger partial charge is 0.258 e. The Bertz CT molecular complexity index is 816. The first-order valence-electron chi connectivity index (χ1n) is 5.98. The van der Waals surface area contributed by atoms with Gasteiger partial charge in [-0.25, -0.2) is 13.4 Å². The minimum absolute atomic E-state index is 0.00139. The van der Waals surface area contributed by atoms with Gasteiger partial charge >= 0.3 is 0 Å². The number of methoxy groups -OCH3 is 1. The molecule has 0 radical (unpaired) electrons. The first-order chi connectivity index (χ1) is 9.18. The molecule has 0 amide bonds. The highest BCUT2D eigenvalue weighted by molar-refractivity contribution is 7.92. The van der Waals surface area contributed by atoms with E-state index in [4.69, 9.17) is 4.74 Å². The molecular formula is C13H16N2O4S. The summed E-state index contributed by atoms with van der Waals surface area (Å²) in [6.07, 6.45) is 1.27. The van der Waals surface area contributed by atoms with Gasteiger partial charge in [0.1, 0.15) is 10.6 Å². The van der Waals surface area contributed by atoms with Crippen LogP contribution < -0.4 is 10.3 Å². The molecule has 0 unspecified atom stereocenters. The van der Waals surface area contributed by atoms with Crippen molar-refractivity contribution in [3.63, 3.8) is 0 Å². The highest BCUT2D eigenvalue weighted by Crippen LogP contribution is 2.33. The number of sulfone groups is 1. The fourth-order valence-electron chi connectivity index (χ4n) is 1.78. The summed E-state index contributed by atoms with van der Waals surface area (Å²) in [6.45, 7) is 4.79. The van der Waals surface area contributed by atoms with Crippen LogP contribution in [-0.2, 0) is 9.84 Å². The van der Waals surface area contributed by atoms with E-state index in [1.165, 1.54) is 25.6 Å². The van der Waals surface area contributed by atoms with Crippen LogP contribution in [0.5, 0.6) is 5.75 Å². The quantitative estimate of drug-likeness (QED) is 0.907. The first-order valence-corrected chi connectivity index (χ1v) is 7.47. The van der Waals surface area contributed by atoms with E-state index < -0.39 is 14.6 Å². The molecule has 108 valence electrons. The summed E-state index contributed by atoms with van der Waals surface area (Å²) >= 11 is 0. The standard InChI is InChI=1S/C13H16N2O4S/c1-13(2,3)20(17,18)11-5-8-9(6-10(11)19-4)14-7-15-12(8)16/h5-7H,1-4H3,(H,14,15,16). The number of H-pyrrole nitrogens is 1. The molecule has 7 heteroatoms. The SMILES string of the molecule is COc1cc2nc[nH]c(=O)c2cc1S(=O)(=O)C(C)(C)C. The average molecular weight is 296 g/mol. The predicted molar refractivity (Wildman–Crippen MR) is 75.9 cm³/mol. The molecule has 0 aliphatic heterocycles. The topological polar surface area (TPSA) is 89.1 Å². The molecule has 0 saturated heterocycles. The molecule has 20 heavy (non-hydrogen) atoms. The van der Waals surface area contributed by atoms with Crippen LogP contribution in [0.15, 0.2) is 28.2 Å². The number of hydrogen-bond acceptors (Lipinski definition) is 5. The molecule has 1 heterocycles. The van der Waals surface area contributed by atoms with Gasteiger partial charge in [-0.1, -0.05) is 0 Å². The van der Waals surface area contributed by atoms with E-state index in [-0.39, 0.29) is 21.6 Å². The number of hydrogen-bond donors (Lipinski definition) is 1. The minimum atomic E-state index is -3.63. The maximum atomic E-state index is 12.6. The lowest BCUT2D eigenvalue weighted by Gasteiger charge is -2.21. The maximum Gasteiger partial charge on any atom is 0.258 e. The lowest BCUT2D eigenvalue weighted by atomic mass is 10.2. The number of rotatable bonds is 2. The van der Waals surface area contributed by atoms with E-state index in [0.29, 0.717) is 5.52 Å². The lowest BCUT2D eigenvalue weighted by molar-refractivity contribution is 0.402. The molecule has 0 fully saturated rings. The van der Waals surface area contributed by atoms with E-state index >= 15 is 0 Å². The highest BCUT2D eigenvalue weighted by atomic mass is 32.2. The van der Waals surface area contributed by atoms with Gasteiger partial charge in [-0.3, -0.25) is 4.79 Å². The molecule has 0 saturated carbocycles. The molecule has 0 aliphatic carbocycles. The molecule has 1 aromatic heterocycles. The molecular weight excluding hydrogens is 280 g/mol. The van der Waals surface area contributed by atoms with Crippen molar-refractivity contribution < 1.29 is 13.2 Å². The number of ether oxygens (including phenoxy) is 1. The molecule has 6 nitrogen and oxygen atoms in total. The van der Waals surface area contributed by atoms with E-state index in [0.717, 1.165) is 0 Å². The van der Waals surface area contributed by atoms with Crippen LogP contribution in [0.4, 0.5) is 0 Å². The number of benzene rings is 1. The van der Waals surface area contributed by atoms with Gasteiger partial charge in [0, 0.05) is 6.07 Å². The molecule has 0 bridgehead atoms. The van der Waals surface area contributed by atoms with E-state index in [9.17, 15) is 13.2 Å². The third-order valence-electron chi connectivity index (χ3n) is 3.02. The van der Waals surface area contributed by atoms with Gasteiger partial charge in [-0.05, 0) is 26.8 Å². The number of fused-ring (bicyclic) bond motifs is 1. The Morgan fingerprint density at radius 1 is 1.25 bits per heavy atom. The monoisotopic (exact) mass is 296 g/mol. The van der Waals surface area contributed by atoms with Gasteiger partial charge in [0.25, 0.3) is 5.56 Å². The van der Waals surface area contributed by atoms with Crippen LogP contribution in [0.2, 0.25) is 0 Å². The lowest BCUT2D eigenvalue weighted by Crippen LogP contribution is -2.28. The summed E-state index contributed by atoms with van der Waals surface area (Å²) in [7, 11) is -2.25. The van der Waals surface area contributed by atoms with E-state index in [2.05, 4.69) is 9.97 Å². The van der Waals surface area contributed by atoms with Crippen LogP contribution in [0.25, 0.3) is 10.9 Å².